The van der Waals surface area contributed by atoms with E-state index in [1.54, 1.807) is 11.3 Å². The van der Waals surface area contributed by atoms with E-state index in [9.17, 15) is 4.79 Å². The van der Waals surface area contributed by atoms with Gasteiger partial charge in [0.2, 0.25) is 0 Å². The van der Waals surface area contributed by atoms with Crippen LogP contribution in [0.2, 0.25) is 0 Å². The number of rotatable bonds is 6. The summed E-state index contributed by atoms with van der Waals surface area (Å²) in [7, 11) is 0. The molecule has 2 aliphatic rings. The lowest BCUT2D eigenvalue weighted by molar-refractivity contribution is -0.126. The maximum Gasteiger partial charge on any atom is 0.268 e. The molecule has 1 unspecified atom stereocenters. The molecule has 1 aromatic heterocycles. The Labute approximate surface area is 192 Å². The highest BCUT2D eigenvalue weighted by Crippen LogP contribution is 2.39. The normalized spacial score (nSPS) is 19.0. The zero-order chi connectivity index (χ0) is 21.9. The summed E-state index contributed by atoms with van der Waals surface area (Å²) in [5.74, 6) is 0.800. The molecule has 0 aliphatic carbocycles. The first-order valence-electron chi connectivity index (χ1n) is 11.2. The molecule has 2 aromatic carbocycles. The Kier molecular flexibility index (Phi) is 6.21. The van der Waals surface area contributed by atoms with Gasteiger partial charge >= 0.3 is 0 Å². The Morgan fingerprint density at radius 2 is 1.88 bits per heavy atom. The van der Waals surface area contributed by atoms with Gasteiger partial charge in [0.05, 0.1) is 24.6 Å². The van der Waals surface area contributed by atoms with E-state index in [2.05, 4.69) is 22.4 Å². The van der Waals surface area contributed by atoms with Crippen LogP contribution in [0.4, 0.5) is 5.69 Å². The molecule has 0 saturated carbocycles. The molecular weight excluding hydrogens is 422 g/mol. The van der Waals surface area contributed by atoms with Crippen LogP contribution in [0, 0.1) is 0 Å². The van der Waals surface area contributed by atoms with Crippen molar-refractivity contribution in [3.63, 3.8) is 0 Å². The van der Waals surface area contributed by atoms with Gasteiger partial charge in [0.25, 0.3) is 5.91 Å². The molecule has 6 nitrogen and oxygen atoms in total. The van der Waals surface area contributed by atoms with Crippen molar-refractivity contribution in [1.82, 2.24) is 9.88 Å². The highest BCUT2D eigenvalue weighted by molar-refractivity contribution is 7.13. The van der Waals surface area contributed by atoms with E-state index in [4.69, 9.17) is 14.5 Å². The number of anilines is 1. The van der Waals surface area contributed by atoms with E-state index in [-0.39, 0.29) is 5.91 Å². The summed E-state index contributed by atoms with van der Waals surface area (Å²) < 4.78 is 11.5. The molecule has 3 aromatic rings. The fourth-order valence-electron chi connectivity index (χ4n) is 4.16. The Morgan fingerprint density at radius 3 is 2.66 bits per heavy atom. The number of ether oxygens (including phenoxy) is 2. The molecule has 5 rings (SSSR count). The standard InChI is InChI=1S/C25H27N3O3S/c1-2-22-25(29)28(11-10-27-12-14-30-15-13-27)21-16-19(8-9-23(21)31-22)20-17-32-24(26-20)18-6-4-3-5-7-18/h3-9,16-17,22H,2,10-15H2,1H3. The van der Waals surface area contributed by atoms with Crippen LogP contribution in [0.25, 0.3) is 21.8 Å². The second-order valence-corrected chi connectivity index (χ2v) is 8.90. The molecule has 32 heavy (non-hydrogen) atoms. The molecule has 0 bridgehead atoms. The smallest absolute Gasteiger partial charge is 0.268 e. The lowest BCUT2D eigenvalue weighted by Crippen LogP contribution is -2.49. The van der Waals surface area contributed by atoms with Crippen molar-refractivity contribution in [2.45, 2.75) is 19.4 Å². The molecule has 1 atom stereocenters. The van der Waals surface area contributed by atoms with Gasteiger partial charge in [0, 0.05) is 42.7 Å². The van der Waals surface area contributed by atoms with Crippen LogP contribution in [0.5, 0.6) is 5.75 Å². The molecule has 0 radical (unpaired) electrons. The molecule has 0 N–H and O–H groups in total. The Hall–Kier alpha value is -2.74. The van der Waals surface area contributed by atoms with E-state index >= 15 is 0 Å². The summed E-state index contributed by atoms with van der Waals surface area (Å²) >= 11 is 1.63. The maximum absolute atomic E-state index is 13.2. The second kappa shape index (κ2) is 9.40. The first-order valence-corrected chi connectivity index (χ1v) is 12.0. The number of amides is 1. The van der Waals surface area contributed by atoms with Gasteiger partial charge in [0.1, 0.15) is 10.8 Å². The molecule has 1 fully saturated rings. The largest absolute Gasteiger partial charge is 0.478 e. The minimum atomic E-state index is -0.429. The number of fused-ring (bicyclic) bond motifs is 1. The van der Waals surface area contributed by atoms with Gasteiger partial charge < -0.3 is 14.4 Å². The number of morpholine rings is 1. The van der Waals surface area contributed by atoms with Crippen molar-refractivity contribution in [3.05, 3.63) is 53.9 Å². The third-order valence-electron chi connectivity index (χ3n) is 6.00. The minimum Gasteiger partial charge on any atom is -0.478 e. The van der Waals surface area contributed by atoms with Crippen LogP contribution in [-0.2, 0) is 9.53 Å². The van der Waals surface area contributed by atoms with Crippen LogP contribution < -0.4 is 9.64 Å². The zero-order valence-electron chi connectivity index (χ0n) is 18.2. The molecule has 1 saturated heterocycles. The average Bonchev–Trinajstić information content (AvgIpc) is 3.34. The summed E-state index contributed by atoms with van der Waals surface area (Å²) in [5, 5.41) is 3.06. The first kappa shape index (κ1) is 21.1. The number of nitrogens with zero attached hydrogens (tertiary/aromatic N) is 3. The summed E-state index contributed by atoms with van der Waals surface area (Å²) in [4.78, 5) is 22.3. The molecule has 3 heterocycles. The summed E-state index contributed by atoms with van der Waals surface area (Å²) in [5.41, 5.74) is 3.85. The lowest BCUT2D eigenvalue weighted by atomic mass is 10.1. The minimum absolute atomic E-state index is 0.0358. The van der Waals surface area contributed by atoms with Crippen LogP contribution in [0.1, 0.15) is 13.3 Å². The molecule has 2 aliphatic heterocycles. The van der Waals surface area contributed by atoms with Crippen molar-refractivity contribution in [2.75, 3.05) is 44.3 Å². The van der Waals surface area contributed by atoms with E-state index in [1.807, 2.05) is 48.2 Å². The van der Waals surface area contributed by atoms with E-state index < -0.39 is 6.10 Å². The number of carbonyl (C=O) groups excluding carboxylic acids is 1. The van der Waals surface area contributed by atoms with Gasteiger partial charge in [0.15, 0.2) is 6.10 Å². The highest BCUT2D eigenvalue weighted by atomic mass is 32.1. The molecule has 1 amide bonds. The molecule has 166 valence electrons. The predicted molar refractivity (Wildman–Crippen MR) is 127 cm³/mol. The van der Waals surface area contributed by atoms with E-state index in [1.165, 1.54) is 0 Å². The number of aromatic nitrogens is 1. The van der Waals surface area contributed by atoms with Gasteiger partial charge in [-0.1, -0.05) is 37.3 Å². The maximum atomic E-state index is 13.2. The van der Waals surface area contributed by atoms with Crippen molar-refractivity contribution in [2.24, 2.45) is 0 Å². The fourth-order valence-corrected chi connectivity index (χ4v) is 4.99. The quantitative estimate of drug-likeness (QED) is 0.561. The number of benzene rings is 2. The average molecular weight is 450 g/mol. The number of thiazole rings is 1. The third kappa shape index (κ3) is 4.28. The zero-order valence-corrected chi connectivity index (χ0v) is 19.0. The van der Waals surface area contributed by atoms with Crippen LogP contribution in [0.15, 0.2) is 53.9 Å². The SMILES string of the molecule is CCC1Oc2ccc(-c3csc(-c4ccccc4)n3)cc2N(CCN2CCOCC2)C1=O. The van der Waals surface area contributed by atoms with E-state index in [0.29, 0.717) is 13.0 Å². The van der Waals surface area contributed by atoms with Crippen molar-refractivity contribution >= 4 is 22.9 Å². The van der Waals surface area contributed by atoms with Gasteiger partial charge in [-0.2, -0.15) is 0 Å². The van der Waals surface area contributed by atoms with Crippen LogP contribution >= 0.6 is 11.3 Å². The number of hydrogen-bond donors (Lipinski definition) is 0. The third-order valence-corrected chi connectivity index (χ3v) is 6.89. The second-order valence-electron chi connectivity index (χ2n) is 8.05. The summed E-state index contributed by atoms with van der Waals surface area (Å²) in [6, 6.07) is 16.2. The van der Waals surface area contributed by atoms with E-state index in [0.717, 1.165) is 66.1 Å². The van der Waals surface area contributed by atoms with Crippen molar-refractivity contribution in [3.8, 4) is 27.6 Å². The number of hydrogen-bond acceptors (Lipinski definition) is 6. The van der Waals surface area contributed by atoms with Gasteiger partial charge in [-0.15, -0.1) is 11.3 Å². The fraction of sp³-hybridized carbons (Fsp3) is 0.360. The topological polar surface area (TPSA) is 54.9 Å². The molecule has 7 heteroatoms. The van der Waals surface area contributed by atoms with Crippen molar-refractivity contribution < 1.29 is 14.3 Å². The Morgan fingerprint density at radius 1 is 1.06 bits per heavy atom. The van der Waals surface area contributed by atoms with Crippen LogP contribution in [0.3, 0.4) is 0 Å². The highest BCUT2D eigenvalue weighted by Gasteiger charge is 2.33. The summed E-state index contributed by atoms with van der Waals surface area (Å²) in [6.45, 7) is 6.77. The number of carbonyl (C=O) groups is 1. The van der Waals surface area contributed by atoms with Crippen molar-refractivity contribution in [1.29, 1.82) is 0 Å². The first-order chi connectivity index (χ1) is 15.7. The summed E-state index contributed by atoms with van der Waals surface area (Å²) in [6.07, 6.45) is 0.225. The molecular formula is C25H27N3O3S. The Bertz CT molecular complexity index is 1080. The molecule has 0 spiro atoms. The monoisotopic (exact) mass is 449 g/mol. The van der Waals surface area contributed by atoms with Gasteiger partial charge in [-0.05, 0) is 24.6 Å². The van der Waals surface area contributed by atoms with Gasteiger partial charge in [-0.25, -0.2) is 4.98 Å². The van der Waals surface area contributed by atoms with Crippen LogP contribution in [-0.4, -0.2) is 61.3 Å². The Balaban J connectivity index is 1.43. The van der Waals surface area contributed by atoms with Gasteiger partial charge in [-0.3, -0.25) is 9.69 Å². The lowest BCUT2D eigenvalue weighted by Gasteiger charge is -2.36. The predicted octanol–water partition coefficient (Wildman–Crippen LogP) is 4.31.